The Bertz CT molecular complexity index is 1420. The summed E-state index contributed by atoms with van der Waals surface area (Å²) in [5, 5.41) is 19.9. The summed E-state index contributed by atoms with van der Waals surface area (Å²) in [6.45, 7) is 0.762. The Kier molecular flexibility index (Phi) is 6.05. The molecule has 4 heterocycles. The van der Waals surface area contributed by atoms with Crippen molar-refractivity contribution in [2.45, 2.75) is 56.5 Å². The number of amides is 1. The molecule has 1 amide bonds. The molecule has 1 aliphatic heterocycles. The van der Waals surface area contributed by atoms with Gasteiger partial charge in [0.2, 0.25) is 0 Å². The summed E-state index contributed by atoms with van der Waals surface area (Å²) >= 11 is 0. The summed E-state index contributed by atoms with van der Waals surface area (Å²) in [5.74, 6) is -0.272. The minimum Gasteiger partial charge on any atom is -0.364 e. The van der Waals surface area contributed by atoms with Crippen LogP contribution in [0, 0.1) is 11.6 Å². The lowest BCUT2D eigenvalue weighted by molar-refractivity contribution is 0.0927. The Labute approximate surface area is 212 Å². The highest BCUT2D eigenvalue weighted by molar-refractivity contribution is 6.01. The number of anilines is 1. The van der Waals surface area contributed by atoms with Crippen LogP contribution in [0.15, 0.2) is 42.7 Å². The number of fused-ring (bicyclic) bond motifs is 1. The predicted molar refractivity (Wildman–Crippen MR) is 132 cm³/mol. The molecule has 1 N–H and O–H groups in total. The molecule has 2 aliphatic rings. The Hall–Kier alpha value is -3.89. The van der Waals surface area contributed by atoms with Crippen LogP contribution in [0.1, 0.15) is 72.2 Å². The zero-order chi connectivity index (χ0) is 25.5. The number of carbonyl (C=O) groups is 1. The highest BCUT2D eigenvalue weighted by Crippen LogP contribution is 2.37. The van der Waals surface area contributed by atoms with Gasteiger partial charge in [0, 0.05) is 36.5 Å². The number of tetrazole rings is 1. The highest BCUT2D eigenvalue weighted by atomic mass is 19.1. The van der Waals surface area contributed by atoms with Gasteiger partial charge in [-0.2, -0.15) is 9.90 Å². The number of aryl methyl sites for hydroxylation is 1. The van der Waals surface area contributed by atoms with Crippen LogP contribution in [0.5, 0.6) is 0 Å². The largest absolute Gasteiger partial charge is 0.364 e. The first-order valence-corrected chi connectivity index (χ1v) is 12.7. The van der Waals surface area contributed by atoms with Gasteiger partial charge in [-0.25, -0.2) is 13.3 Å². The number of hydrogen-bond donors (Lipinski definition) is 1. The van der Waals surface area contributed by atoms with Crippen molar-refractivity contribution in [2.24, 2.45) is 7.05 Å². The summed E-state index contributed by atoms with van der Waals surface area (Å²) in [4.78, 5) is 16.9. The first kappa shape index (κ1) is 23.5. The van der Waals surface area contributed by atoms with Crippen molar-refractivity contribution in [2.75, 3.05) is 11.4 Å². The summed E-state index contributed by atoms with van der Waals surface area (Å²) in [5.41, 5.74) is 2.72. The average molecular weight is 507 g/mol. The van der Waals surface area contributed by atoms with E-state index in [-0.39, 0.29) is 23.9 Å². The summed E-state index contributed by atoms with van der Waals surface area (Å²) in [6, 6.07) is 7.50. The molecule has 2 fully saturated rings. The fourth-order valence-electron chi connectivity index (χ4n) is 5.73. The van der Waals surface area contributed by atoms with Gasteiger partial charge in [0.25, 0.3) is 5.91 Å². The minimum absolute atomic E-state index is 0.0735. The number of hydrogen-bond acceptors (Lipinski definition) is 6. The topological polar surface area (TPSA) is 93.2 Å². The van der Waals surface area contributed by atoms with E-state index in [1.807, 2.05) is 18.3 Å². The second-order valence-corrected chi connectivity index (χ2v) is 9.99. The van der Waals surface area contributed by atoms with E-state index in [1.54, 1.807) is 17.8 Å². The van der Waals surface area contributed by atoms with E-state index in [4.69, 9.17) is 0 Å². The van der Waals surface area contributed by atoms with Crippen LogP contribution in [0.2, 0.25) is 0 Å². The van der Waals surface area contributed by atoms with Gasteiger partial charge >= 0.3 is 0 Å². The van der Waals surface area contributed by atoms with Gasteiger partial charge in [-0.3, -0.25) is 4.79 Å². The van der Waals surface area contributed by atoms with E-state index >= 15 is 0 Å². The van der Waals surface area contributed by atoms with Gasteiger partial charge in [-0.05, 0) is 73.6 Å². The standard InChI is InChI=1S/C26H28F2N8O/c1-34-32-25(31-33-34)16-4-6-20(7-5-16)30-26(37)22-15-29-36-10-8-21(14-24(22)36)35-9-2-3-23(35)17-11-18(27)13-19(28)12-17/h8,10-16,20,23H,2-7,9H2,1H3,(H,30,37)/t16-,20-,23-/m1/s1. The third-order valence-corrected chi connectivity index (χ3v) is 7.56. The maximum absolute atomic E-state index is 13.9. The van der Waals surface area contributed by atoms with Crippen molar-refractivity contribution in [3.63, 3.8) is 0 Å². The van der Waals surface area contributed by atoms with Gasteiger partial charge in [-0.1, -0.05) is 0 Å². The smallest absolute Gasteiger partial charge is 0.255 e. The Balaban J connectivity index is 1.18. The molecule has 0 unspecified atom stereocenters. The number of carbonyl (C=O) groups excluding carboxylic acids is 1. The van der Waals surface area contributed by atoms with Gasteiger partial charge in [0.05, 0.1) is 30.4 Å². The predicted octanol–water partition coefficient (Wildman–Crippen LogP) is 3.93. The molecule has 1 atom stereocenters. The zero-order valence-corrected chi connectivity index (χ0v) is 20.5. The molecule has 4 aromatic rings. The van der Waals surface area contributed by atoms with Crippen LogP contribution in [-0.2, 0) is 7.05 Å². The monoisotopic (exact) mass is 506 g/mol. The third-order valence-electron chi connectivity index (χ3n) is 7.56. The number of aromatic nitrogens is 6. The molecule has 11 heteroatoms. The zero-order valence-electron chi connectivity index (χ0n) is 20.5. The lowest BCUT2D eigenvalue weighted by Crippen LogP contribution is -2.37. The van der Waals surface area contributed by atoms with Crippen molar-refractivity contribution in [1.29, 1.82) is 0 Å². The van der Waals surface area contributed by atoms with Crippen LogP contribution < -0.4 is 10.2 Å². The molecule has 37 heavy (non-hydrogen) atoms. The van der Waals surface area contributed by atoms with Crippen LogP contribution >= 0.6 is 0 Å². The highest BCUT2D eigenvalue weighted by Gasteiger charge is 2.29. The average Bonchev–Trinajstić information content (AvgIpc) is 3.63. The molecule has 0 radical (unpaired) electrons. The number of pyridine rings is 1. The van der Waals surface area contributed by atoms with Crippen LogP contribution in [0.25, 0.3) is 5.52 Å². The van der Waals surface area contributed by atoms with Gasteiger partial charge in [-0.15, -0.1) is 10.2 Å². The van der Waals surface area contributed by atoms with Crippen molar-refractivity contribution >= 4 is 17.1 Å². The molecule has 3 aromatic heterocycles. The molecule has 0 bridgehead atoms. The van der Waals surface area contributed by atoms with Crippen molar-refractivity contribution in [1.82, 2.24) is 35.1 Å². The maximum atomic E-state index is 13.9. The molecule has 1 saturated heterocycles. The van der Waals surface area contributed by atoms with E-state index in [9.17, 15) is 13.6 Å². The fourth-order valence-corrected chi connectivity index (χ4v) is 5.73. The second kappa shape index (κ2) is 9.53. The third kappa shape index (κ3) is 4.65. The molecule has 1 aromatic carbocycles. The Morgan fingerprint density at radius 2 is 1.84 bits per heavy atom. The van der Waals surface area contributed by atoms with Crippen LogP contribution in [-0.4, -0.2) is 48.3 Å². The summed E-state index contributed by atoms with van der Waals surface area (Å²) < 4.78 is 29.5. The molecule has 192 valence electrons. The van der Waals surface area contributed by atoms with Crippen molar-refractivity contribution in [3.8, 4) is 0 Å². The quantitative estimate of drug-likeness (QED) is 0.441. The van der Waals surface area contributed by atoms with Crippen LogP contribution in [0.3, 0.4) is 0 Å². The number of rotatable bonds is 5. The molecule has 0 spiro atoms. The fraction of sp³-hybridized carbons (Fsp3) is 0.423. The first-order chi connectivity index (χ1) is 17.9. The molecular formula is C26H28F2N8O. The molecule has 6 rings (SSSR count). The normalized spacial score (nSPS) is 22.0. The number of nitrogens with one attached hydrogen (secondary N) is 1. The number of nitrogens with zero attached hydrogens (tertiary/aromatic N) is 7. The number of halogens is 2. The van der Waals surface area contributed by atoms with Crippen molar-refractivity contribution < 1.29 is 13.6 Å². The molecule has 9 nitrogen and oxygen atoms in total. The molecular weight excluding hydrogens is 478 g/mol. The summed E-state index contributed by atoms with van der Waals surface area (Å²) in [6.07, 6.45) is 8.60. The van der Waals surface area contributed by atoms with Gasteiger partial charge < -0.3 is 10.2 Å². The summed E-state index contributed by atoms with van der Waals surface area (Å²) in [7, 11) is 1.76. The van der Waals surface area contributed by atoms with E-state index in [0.717, 1.165) is 62.6 Å². The molecule has 1 aliphatic carbocycles. The first-order valence-electron chi connectivity index (χ1n) is 12.7. The second-order valence-electron chi connectivity index (χ2n) is 9.99. The van der Waals surface area contributed by atoms with Gasteiger partial charge in [0.1, 0.15) is 11.6 Å². The maximum Gasteiger partial charge on any atom is 0.255 e. The Morgan fingerprint density at radius 1 is 1.05 bits per heavy atom. The van der Waals surface area contributed by atoms with E-state index < -0.39 is 11.6 Å². The lowest BCUT2D eigenvalue weighted by atomic mass is 9.85. The number of benzene rings is 1. The van der Waals surface area contributed by atoms with E-state index in [0.29, 0.717) is 16.6 Å². The van der Waals surface area contributed by atoms with Crippen molar-refractivity contribution in [3.05, 3.63) is 71.3 Å². The van der Waals surface area contributed by atoms with E-state index in [1.165, 1.54) is 16.9 Å². The lowest BCUT2D eigenvalue weighted by Gasteiger charge is -2.28. The van der Waals surface area contributed by atoms with E-state index in [2.05, 4.69) is 30.7 Å². The minimum atomic E-state index is -0.575. The van der Waals surface area contributed by atoms with Crippen LogP contribution in [0.4, 0.5) is 14.5 Å². The molecule has 1 saturated carbocycles. The SMILES string of the molecule is Cn1nnc([C@H]2CC[C@H](NC(=O)c3cnn4ccc(N5CCC[C@@H]5c5cc(F)cc(F)c5)cc34)CC2)n1. The van der Waals surface area contributed by atoms with Gasteiger partial charge in [0.15, 0.2) is 5.82 Å². The Morgan fingerprint density at radius 3 is 2.57 bits per heavy atom.